The molecule has 0 bridgehead atoms. The zero-order valence-corrected chi connectivity index (χ0v) is 12.6. The van der Waals surface area contributed by atoms with E-state index in [0.717, 1.165) is 17.9 Å². The maximum atomic E-state index is 10.1. The SMILES string of the molecule is CCOc1cccc(CNC(C)CC(C)CC)c1O. The molecule has 0 aliphatic rings. The Morgan fingerprint density at radius 1 is 1.26 bits per heavy atom. The number of para-hydroxylation sites is 1. The summed E-state index contributed by atoms with van der Waals surface area (Å²) in [5, 5.41) is 13.6. The number of nitrogens with one attached hydrogen (secondary N) is 1. The van der Waals surface area contributed by atoms with Crippen molar-refractivity contribution in [3.05, 3.63) is 23.8 Å². The average Bonchev–Trinajstić information content (AvgIpc) is 2.40. The molecule has 0 amide bonds. The van der Waals surface area contributed by atoms with Gasteiger partial charge in [-0.1, -0.05) is 32.4 Å². The van der Waals surface area contributed by atoms with Gasteiger partial charge >= 0.3 is 0 Å². The molecule has 0 heterocycles. The third-order valence-electron chi connectivity index (χ3n) is 3.48. The number of rotatable bonds is 8. The van der Waals surface area contributed by atoms with Crippen LogP contribution >= 0.6 is 0 Å². The molecule has 0 fully saturated rings. The van der Waals surface area contributed by atoms with Gasteiger partial charge in [-0.15, -0.1) is 0 Å². The molecule has 2 atom stereocenters. The van der Waals surface area contributed by atoms with E-state index in [1.807, 2.05) is 19.1 Å². The van der Waals surface area contributed by atoms with Gasteiger partial charge in [-0.05, 0) is 32.3 Å². The molecule has 0 aliphatic heterocycles. The number of phenolic OH excluding ortho intramolecular Hbond substituents is 1. The van der Waals surface area contributed by atoms with E-state index in [1.165, 1.54) is 6.42 Å². The zero-order chi connectivity index (χ0) is 14.3. The Bertz CT molecular complexity index is 379. The van der Waals surface area contributed by atoms with E-state index in [0.29, 0.717) is 24.9 Å². The Morgan fingerprint density at radius 2 is 2.00 bits per heavy atom. The summed E-state index contributed by atoms with van der Waals surface area (Å²) >= 11 is 0. The summed E-state index contributed by atoms with van der Waals surface area (Å²) in [6, 6.07) is 6.09. The second-order valence-electron chi connectivity index (χ2n) is 5.23. The van der Waals surface area contributed by atoms with E-state index < -0.39 is 0 Å². The molecular weight excluding hydrogens is 238 g/mol. The summed E-state index contributed by atoms with van der Waals surface area (Å²) < 4.78 is 5.39. The highest BCUT2D eigenvalue weighted by atomic mass is 16.5. The van der Waals surface area contributed by atoms with E-state index in [2.05, 4.69) is 26.1 Å². The van der Waals surface area contributed by atoms with Gasteiger partial charge in [0.1, 0.15) is 0 Å². The molecule has 0 saturated carbocycles. The van der Waals surface area contributed by atoms with E-state index in [-0.39, 0.29) is 5.75 Å². The predicted octanol–water partition coefficient (Wildman–Crippen LogP) is 3.71. The topological polar surface area (TPSA) is 41.5 Å². The number of benzene rings is 1. The highest BCUT2D eigenvalue weighted by Crippen LogP contribution is 2.29. The first-order chi connectivity index (χ1) is 9.08. The minimum absolute atomic E-state index is 0.257. The monoisotopic (exact) mass is 265 g/mol. The van der Waals surface area contributed by atoms with Crippen molar-refractivity contribution in [3.63, 3.8) is 0 Å². The minimum atomic E-state index is 0.257. The molecule has 1 aromatic carbocycles. The summed E-state index contributed by atoms with van der Waals surface area (Å²) in [5.41, 5.74) is 0.891. The fourth-order valence-corrected chi connectivity index (χ4v) is 2.12. The van der Waals surface area contributed by atoms with Crippen molar-refractivity contribution in [2.24, 2.45) is 5.92 Å². The second kappa shape index (κ2) is 8.05. The van der Waals surface area contributed by atoms with E-state index in [4.69, 9.17) is 4.74 Å². The van der Waals surface area contributed by atoms with Gasteiger partial charge in [0.05, 0.1) is 6.61 Å². The van der Waals surface area contributed by atoms with Crippen LogP contribution < -0.4 is 10.1 Å². The fourth-order valence-electron chi connectivity index (χ4n) is 2.12. The standard InChI is InChI=1S/C16H27NO2/c1-5-12(3)10-13(4)17-11-14-8-7-9-15(16(14)18)19-6-2/h7-9,12-13,17-18H,5-6,10-11H2,1-4H3. The van der Waals surface area contributed by atoms with Crippen LogP contribution in [0.2, 0.25) is 0 Å². The van der Waals surface area contributed by atoms with Crippen LogP contribution in [0.3, 0.4) is 0 Å². The fraction of sp³-hybridized carbons (Fsp3) is 0.625. The molecule has 1 aromatic rings. The number of phenols is 1. The lowest BCUT2D eigenvalue weighted by molar-refractivity contribution is 0.315. The Morgan fingerprint density at radius 3 is 2.63 bits per heavy atom. The molecule has 2 N–H and O–H groups in total. The van der Waals surface area contributed by atoms with Gasteiger partial charge in [0.2, 0.25) is 0 Å². The van der Waals surface area contributed by atoms with Crippen LogP contribution in [0.25, 0.3) is 0 Å². The smallest absolute Gasteiger partial charge is 0.162 e. The van der Waals surface area contributed by atoms with E-state index >= 15 is 0 Å². The van der Waals surface area contributed by atoms with Crippen molar-refractivity contribution in [2.45, 2.75) is 53.1 Å². The van der Waals surface area contributed by atoms with Gasteiger partial charge in [-0.2, -0.15) is 0 Å². The van der Waals surface area contributed by atoms with Crippen LogP contribution in [-0.2, 0) is 6.54 Å². The summed E-state index contributed by atoms with van der Waals surface area (Å²) in [5.74, 6) is 1.55. The van der Waals surface area contributed by atoms with Crippen molar-refractivity contribution in [3.8, 4) is 11.5 Å². The molecule has 0 radical (unpaired) electrons. The lowest BCUT2D eigenvalue weighted by Crippen LogP contribution is -2.27. The molecule has 0 saturated heterocycles. The number of ether oxygens (including phenoxy) is 1. The lowest BCUT2D eigenvalue weighted by Gasteiger charge is -2.18. The Hall–Kier alpha value is -1.22. The third-order valence-corrected chi connectivity index (χ3v) is 3.48. The van der Waals surface area contributed by atoms with Crippen LogP contribution in [0.15, 0.2) is 18.2 Å². The van der Waals surface area contributed by atoms with Gasteiger partial charge in [-0.25, -0.2) is 0 Å². The first-order valence-corrected chi connectivity index (χ1v) is 7.25. The molecule has 0 spiro atoms. The average molecular weight is 265 g/mol. The van der Waals surface area contributed by atoms with Crippen LogP contribution in [0.1, 0.15) is 46.1 Å². The van der Waals surface area contributed by atoms with Crippen molar-refractivity contribution in [1.29, 1.82) is 0 Å². The molecule has 19 heavy (non-hydrogen) atoms. The molecule has 1 rings (SSSR count). The van der Waals surface area contributed by atoms with Crippen LogP contribution in [-0.4, -0.2) is 17.8 Å². The summed E-state index contributed by atoms with van der Waals surface area (Å²) in [7, 11) is 0. The van der Waals surface area contributed by atoms with Crippen LogP contribution in [0.4, 0.5) is 0 Å². The first kappa shape index (κ1) is 15.8. The zero-order valence-electron chi connectivity index (χ0n) is 12.6. The van der Waals surface area contributed by atoms with E-state index in [9.17, 15) is 5.11 Å². The normalized spacial score (nSPS) is 14.1. The number of hydrogen-bond donors (Lipinski definition) is 2. The highest BCUT2D eigenvalue weighted by Gasteiger charge is 2.10. The van der Waals surface area contributed by atoms with Gasteiger partial charge in [0.25, 0.3) is 0 Å². The van der Waals surface area contributed by atoms with Gasteiger partial charge in [0, 0.05) is 18.2 Å². The molecule has 108 valence electrons. The maximum absolute atomic E-state index is 10.1. The summed E-state index contributed by atoms with van der Waals surface area (Å²) in [4.78, 5) is 0. The first-order valence-electron chi connectivity index (χ1n) is 7.25. The Kier molecular flexibility index (Phi) is 6.71. The molecule has 3 nitrogen and oxygen atoms in total. The lowest BCUT2D eigenvalue weighted by atomic mass is 10.0. The number of hydrogen-bond acceptors (Lipinski definition) is 3. The van der Waals surface area contributed by atoms with Crippen LogP contribution in [0, 0.1) is 5.92 Å². The Labute approximate surface area is 117 Å². The third kappa shape index (κ3) is 5.11. The van der Waals surface area contributed by atoms with Crippen molar-refractivity contribution < 1.29 is 9.84 Å². The van der Waals surface area contributed by atoms with Gasteiger partial charge in [-0.3, -0.25) is 0 Å². The quantitative estimate of drug-likeness (QED) is 0.753. The largest absolute Gasteiger partial charge is 0.504 e. The maximum Gasteiger partial charge on any atom is 0.162 e. The Balaban J connectivity index is 2.55. The van der Waals surface area contributed by atoms with Crippen molar-refractivity contribution in [1.82, 2.24) is 5.32 Å². The molecular formula is C16H27NO2. The molecule has 0 aliphatic carbocycles. The highest BCUT2D eigenvalue weighted by molar-refractivity contribution is 5.45. The number of aromatic hydroxyl groups is 1. The molecule has 0 aromatic heterocycles. The second-order valence-corrected chi connectivity index (χ2v) is 5.23. The van der Waals surface area contributed by atoms with Gasteiger partial charge in [0.15, 0.2) is 11.5 Å². The van der Waals surface area contributed by atoms with Crippen molar-refractivity contribution in [2.75, 3.05) is 6.61 Å². The summed E-state index contributed by atoms with van der Waals surface area (Å²) in [6.45, 7) is 9.83. The predicted molar refractivity (Wildman–Crippen MR) is 79.6 cm³/mol. The molecule has 3 heteroatoms. The van der Waals surface area contributed by atoms with E-state index in [1.54, 1.807) is 6.07 Å². The van der Waals surface area contributed by atoms with Gasteiger partial charge < -0.3 is 15.2 Å². The molecule has 2 unspecified atom stereocenters. The van der Waals surface area contributed by atoms with Crippen LogP contribution in [0.5, 0.6) is 11.5 Å². The van der Waals surface area contributed by atoms with Crippen molar-refractivity contribution >= 4 is 0 Å². The minimum Gasteiger partial charge on any atom is -0.504 e. The summed E-state index contributed by atoms with van der Waals surface area (Å²) in [6.07, 6.45) is 2.36.